The van der Waals surface area contributed by atoms with Crippen molar-refractivity contribution < 1.29 is 15.0 Å². The third-order valence-corrected chi connectivity index (χ3v) is 2.55. The molecule has 98 valence electrons. The van der Waals surface area contributed by atoms with Crippen molar-refractivity contribution in [3.05, 3.63) is 0 Å². The fourth-order valence-corrected chi connectivity index (χ4v) is 1.46. The number of nitrogens with zero attached hydrogens (tertiary/aromatic N) is 2. The predicted octanol–water partition coefficient (Wildman–Crippen LogP) is 0.661. The highest BCUT2D eigenvalue weighted by atomic mass is 16.3. The van der Waals surface area contributed by atoms with E-state index in [0.29, 0.717) is 6.54 Å². The number of amides is 1. The zero-order valence-electron chi connectivity index (χ0n) is 10.6. The van der Waals surface area contributed by atoms with Gasteiger partial charge in [-0.25, -0.2) is 0 Å². The Hall–Kier alpha value is -1.12. The molecule has 0 aromatic heterocycles. The Morgan fingerprint density at radius 2 is 2.06 bits per heavy atom. The second kappa shape index (κ2) is 8.97. The highest BCUT2D eigenvalue weighted by Crippen LogP contribution is 2.07. The van der Waals surface area contributed by atoms with Crippen LogP contribution in [0.1, 0.15) is 39.0 Å². The van der Waals surface area contributed by atoms with Crippen LogP contribution in [0.3, 0.4) is 0 Å². The lowest BCUT2D eigenvalue weighted by Crippen LogP contribution is -2.31. The molecule has 0 spiro atoms. The van der Waals surface area contributed by atoms with Crippen LogP contribution in [0.2, 0.25) is 0 Å². The van der Waals surface area contributed by atoms with E-state index >= 15 is 0 Å². The molecule has 2 N–H and O–H groups in total. The van der Waals surface area contributed by atoms with Crippen LogP contribution in [0.15, 0.2) is 0 Å². The normalized spacial score (nSPS) is 13.8. The molecule has 0 radical (unpaired) electrons. The molecule has 0 saturated heterocycles. The lowest BCUT2D eigenvalue weighted by molar-refractivity contribution is -0.132. The van der Waals surface area contributed by atoms with E-state index in [1.54, 1.807) is 11.9 Å². The summed E-state index contributed by atoms with van der Waals surface area (Å²) in [5.74, 6) is -0.130. The second-order valence-corrected chi connectivity index (χ2v) is 4.28. The third-order valence-electron chi connectivity index (χ3n) is 2.55. The SMILES string of the molecule is CCCCN(C)C(=O)C[C@H](O)C[C@H](O)CC#N. The standard InChI is InChI=1S/C12H22N2O3/c1-3-4-7-14(2)12(17)9-11(16)8-10(15)5-6-13/h10-11,15-16H,3-5,7-9H2,1-2H3/t10-,11-/m1/s1. The van der Waals surface area contributed by atoms with Crippen LogP contribution >= 0.6 is 0 Å². The average Bonchev–Trinajstić information content (AvgIpc) is 2.25. The lowest BCUT2D eigenvalue weighted by atomic mass is 10.1. The Morgan fingerprint density at radius 1 is 1.41 bits per heavy atom. The third kappa shape index (κ3) is 7.72. The highest BCUT2D eigenvalue weighted by Gasteiger charge is 2.17. The first-order chi connectivity index (χ1) is 8.01. The fraction of sp³-hybridized carbons (Fsp3) is 0.833. The van der Waals surface area contributed by atoms with Crippen molar-refractivity contribution in [3.8, 4) is 6.07 Å². The molecule has 0 aliphatic rings. The fourth-order valence-electron chi connectivity index (χ4n) is 1.46. The predicted molar refractivity (Wildman–Crippen MR) is 64.0 cm³/mol. The maximum atomic E-state index is 11.6. The number of unbranched alkanes of at least 4 members (excludes halogenated alkanes) is 1. The highest BCUT2D eigenvalue weighted by molar-refractivity contribution is 5.76. The Balaban J connectivity index is 3.90. The van der Waals surface area contributed by atoms with Crippen LogP contribution in [-0.2, 0) is 4.79 Å². The monoisotopic (exact) mass is 242 g/mol. The van der Waals surface area contributed by atoms with Gasteiger partial charge < -0.3 is 15.1 Å². The zero-order chi connectivity index (χ0) is 13.3. The summed E-state index contributed by atoms with van der Waals surface area (Å²) in [6.07, 6.45) is 0.274. The number of aliphatic hydroxyl groups is 2. The number of carbonyl (C=O) groups is 1. The summed E-state index contributed by atoms with van der Waals surface area (Å²) >= 11 is 0. The summed E-state index contributed by atoms with van der Waals surface area (Å²) in [6.45, 7) is 2.73. The minimum atomic E-state index is -0.880. The van der Waals surface area contributed by atoms with E-state index in [1.165, 1.54) is 0 Å². The van der Waals surface area contributed by atoms with E-state index in [4.69, 9.17) is 5.26 Å². The van der Waals surface area contributed by atoms with Crippen molar-refractivity contribution in [2.45, 2.75) is 51.2 Å². The number of nitriles is 1. The Bertz CT molecular complexity index is 263. The van der Waals surface area contributed by atoms with E-state index in [2.05, 4.69) is 0 Å². The van der Waals surface area contributed by atoms with Gasteiger partial charge in [0.25, 0.3) is 0 Å². The summed E-state index contributed by atoms with van der Waals surface area (Å²) in [6, 6.07) is 1.82. The number of hydrogen-bond donors (Lipinski definition) is 2. The van der Waals surface area contributed by atoms with Crippen molar-refractivity contribution >= 4 is 5.91 Å². The molecule has 0 saturated carbocycles. The van der Waals surface area contributed by atoms with Gasteiger partial charge >= 0.3 is 0 Å². The van der Waals surface area contributed by atoms with E-state index in [-0.39, 0.29) is 25.2 Å². The number of hydrogen-bond acceptors (Lipinski definition) is 4. The van der Waals surface area contributed by atoms with Gasteiger partial charge in [0.05, 0.1) is 31.1 Å². The smallest absolute Gasteiger partial charge is 0.224 e. The molecule has 5 nitrogen and oxygen atoms in total. The van der Waals surface area contributed by atoms with Crippen LogP contribution in [-0.4, -0.2) is 46.8 Å². The molecule has 1 amide bonds. The molecule has 5 heteroatoms. The Morgan fingerprint density at radius 3 is 2.59 bits per heavy atom. The summed E-state index contributed by atoms with van der Waals surface area (Å²) in [5.41, 5.74) is 0. The molecule has 17 heavy (non-hydrogen) atoms. The van der Waals surface area contributed by atoms with Gasteiger partial charge in [0, 0.05) is 20.0 Å². The molecule has 0 rings (SSSR count). The largest absolute Gasteiger partial charge is 0.392 e. The topological polar surface area (TPSA) is 84.6 Å². The molecule has 0 heterocycles. The maximum Gasteiger partial charge on any atom is 0.224 e. The molecule has 0 fully saturated rings. The zero-order valence-corrected chi connectivity index (χ0v) is 10.6. The van der Waals surface area contributed by atoms with Crippen molar-refractivity contribution in [1.29, 1.82) is 5.26 Å². The molecule has 0 aliphatic carbocycles. The molecule has 0 aliphatic heterocycles. The van der Waals surface area contributed by atoms with Crippen LogP contribution in [0.4, 0.5) is 0 Å². The lowest BCUT2D eigenvalue weighted by Gasteiger charge is -2.19. The number of aliphatic hydroxyl groups excluding tert-OH is 2. The summed E-state index contributed by atoms with van der Waals surface area (Å²) in [7, 11) is 1.70. The van der Waals surface area contributed by atoms with E-state index in [1.807, 2.05) is 13.0 Å². The number of rotatable bonds is 8. The molecule has 0 aromatic rings. The first-order valence-corrected chi connectivity index (χ1v) is 5.98. The van der Waals surface area contributed by atoms with Gasteiger partial charge in [-0.15, -0.1) is 0 Å². The van der Waals surface area contributed by atoms with Gasteiger partial charge in [0.2, 0.25) is 5.91 Å². The minimum absolute atomic E-state index is 0.00268. The summed E-state index contributed by atoms with van der Waals surface area (Å²) < 4.78 is 0. The summed E-state index contributed by atoms with van der Waals surface area (Å²) in [5, 5.41) is 27.2. The first-order valence-electron chi connectivity index (χ1n) is 5.98. The molecule has 0 unspecified atom stereocenters. The maximum absolute atomic E-state index is 11.6. The van der Waals surface area contributed by atoms with Gasteiger partial charge in [-0.1, -0.05) is 13.3 Å². The van der Waals surface area contributed by atoms with Gasteiger partial charge in [0.15, 0.2) is 0 Å². The minimum Gasteiger partial charge on any atom is -0.392 e. The van der Waals surface area contributed by atoms with E-state index in [0.717, 1.165) is 12.8 Å². The van der Waals surface area contributed by atoms with Gasteiger partial charge in [-0.05, 0) is 6.42 Å². The first kappa shape index (κ1) is 15.9. The second-order valence-electron chi connectivity index (χ2n) is 4.28. The van der Waals surface area contributed by atoms with E-state index in [9.17, 15) is 15.0 Å². The molecule has 0 aromatic carbocycles. The van der Waals surface area contributed by atoms with Crippen molar-refractivity contribution in [1.82, 2.24) is 4.90 Å². The average molecular weight is 242 g/mol. The molecular weight excluding hydrogens is 220 g/mol. The Kier molecular flexibility index (Phi) is 8.38. The number of carbonyl (C=O) groups excluding carboxylic acids is 1. The van der Waals surface area contributed by atoms with Crippen LogP contribution in [0, 0.1) is 11.3 Å². The Labute approximate surface area is 103 Å². The van der Waals surface area contributed by atoms with Crippen molar-refractivity contribution in [2.75, 3.05) is 13.6 Å². The quantitative estimate of drug-likeness (QED) is 0.655. The van der Waals surface area contributed by atoms with E-state index < -0.39 is 12.2 Å². The van der Waals surface area contributed by atoms with Crippen LogP contribution in [0.5, 0.6) is 0 Å². The van der Waals surface area contributed by atoms with Gasteiger partial charge in [0.1, 0.15) is 0 Å². The summed E-state index contributed by atoms with van der Waals surface area (Å²) in [4.78, 5) is 13.2. The van der Waals surface area contributed by atoms with Crippen molar-refractivity contribution in [2.24, 2.45) is 0 Å². The molecular formula is C12H22N2O3. The van der Waals surface area contributed by atoms with Gasteiger partial charge in [-0.2, -0.15) is 5.26 Å². The molecule has 2 atom stereocenters. The van der Waals surface area contributed by atoms with Gasteiger partial charge in [-0.3, -0.25) is 4.79 Å². The van der Waals surface area contributed by atoms with Crippen LogP contribution < -0.4 is 0 Å². The van der Waals surface area contributed by atoms with Crippen molar-refractivity contribution in [3.63, 3.8) is 0 Å². The van der Waals surface area contributed by atoms with Crippen LogP contribution in [0.25, 0.3) is 0 Å². The molecule has 0 bridgehead atoms.